The van der Waals surface area contributed by atoms with E-state index in [-0.39, 0.29) is 5.91 Å². The summed E-state index contributed by atoms with van der Waals surface area (Å²) < 4.78 is 0. The first-order valence-electron chi connectivity index (χ1n) is 7.74. The van der Waals surface area contributed by atoms with E-state index in [0.29, 0.717) is 5.92 Å². The maximum atomic E-state index is 12.1. The third-order valence-electron chi connectivity index (χ3n) is 4.07. The molecular formula is C17H26N2O. The van der Waals surface area contributed by atoms with E-state index in [2.05, 4.69) is 24.5 Å². The van der Waals surface area contributed by atoms with Gasteiger partial charge in [-0.3, -0.25) is 4.79 Å². The van der Waals surface area contributed by atoms with Gasteiger partial charge < -0.3 is 10.6 Å². The molecule has 0 spiro atoms. The molecule has 2 N–H and O–H groups in total. The Kier molecular flexibility index (Phi) is 5.05. The zero-order valence-electron chi connectivity index (χ0n) is 12.8. The molecule has 0 radical (unpaired) electrons. The van der Waals surface area contributed by atoms with Gasteiger partial charge in [0.15, 0.2) is 0 Å². The van der Waals surface area contributed by atoms with E-state index in [1.54, 1.807) is 0 Å². The van der Waals surface area contributed by atoms with Crippen LogP contribution < -0.4 is 10.6 Å². The molecule has 3 nitrogen and oxygen atoms in total. The van der Waals surface area contributed by atoms with E-state index in [1.807, 2.05) is 25.1 Å². The molecule has 1 saturated carbocycles. The number of anilines is 1. The normalized spacial score (nSPS) is 15.8. The molecule has 20 heavy (non-hydrogen) atoms. The highest BCUT2D eigenvalue weighted by Crippen LogP contribution is 2.36. The van der Waals surface area contributed by atoms with Crippen molar-refractivity contribution in [2.24, 2.45) is 11.8 Å². The molecule has 1 atom stereocenters. The number of carbonyl (C=O) groups excluding carboxylic acids is 1. The first-order chi connectivity index (χ1) is 9.61. The highest BCUT2D eigenvalue weighted by atomic mass is 16.1. The highest BCUT2D eigenvalue weighted by molar-refractivity contribution is 5.94. The summed E-state index contributed by atoms with van der Waals surface area (Å²) >= 11 is 0. The average Bonchev–Trinajstić information content (AvgIpc) is 3.27. The summed E-state index contributed by atoms with van der Waals surface area (Å²) in [5, 5.41) is 6.42. The number of rotatable bonds is 7. The minimum Gasteiger partial charge on any atom is -0.385 e. The Morgan fingerprint density at radius 2 is 2.15 bits per heavy atom. The second kappa shape index (κ2) is 6.78. The smallest absolute Gasteiger partial charge is 0.251 e. The van der Waals surface area contributed by atoms with Crippen LogP contribution in [0.4, 0.5) is 5.69 Å². The lowest BCUT2D eigenvalue weighted by Crippen LogP contribution is -2.29. The summed E-state index contributed by atoms with van der Waals surface area (Å²) in [5.41, 5.74) is 3.00. The number of hydrogen-bond acceptors (Lipinski definition) is 2. The van der Waals surface area contributed by atoms with Gasteiger partial charge in [0.25, 0.3) is 5.91 Å². The number of amides is 1. The highest BCUT2D eigenvalue weighted by Gasteiger charge is 2.27. The van der Waals surface area contributed by atoms with Crippen LogP contribution in [0, 0.1) is 18.8 Å². The van der Waals surface area contributed by atoms with Gasteiger partial charge in [-0.25, -0.2) is 0 Å². The number of hydrogen-bond donors (Lipinski definition) is 2. The SMILES string of the molecule is CCCNc1ccc(C(=O)NCC(C)C2CC2)cc1C. The van der Waals surface area contributed by atoms with Crippen molar-refractivity contribution in [3.05, 3.63) is 29.3 Å². The first kappa shape index (κ1) is 14.9. The molecule has 1 unspecified atom stereocenters. The van der Waals surface area contributed by atoms with E-state index < -0.39 is 0 Å². The Morgan fingerprint density at radius 1 is 1.40 bits per heavy atom. The molecule has 0 heterocycles. The topological polar surface area (TPSA) is 41.1 Å². The standard InChI is InChI=1S/C17H26N2O/c1-4-9-18-16-8-7-15(10-12(16)2)17(20)19-11-13(3)14-5-6-14/h7-8,10,13-14,18H,4-6,9,11H2,1-3H3,(H,19,20). The summed E-state index contributed by atoms with van der Waals surface area (Å²) in [5.74, 6) is 1.48. The van der Waals surface area contributed by atoms with Crippen LogP contribution in [0.5, 0.6) is 0 Å². The summed E-state index contributed by atoms with van der Waals surface area (Å²) in [6.45, 7) is 8.16. The van der Waals surface area contributed by atoms with Crippen LogP contribution in [0.3, 0.4) is 0 Å². The maximum Gasteiger partial charge on any atom is 0.251 e. The first-order valence-corrected chi connectivity index (χ1v) is 7.74. The van der Waals surface area contributed by atoms with E-state index >= 15 is 0 Å². The largest absolute Gasteiger partial charge is 0.385 e. The van der Waals surface area contributed by atoms with Gasteiger partial charge >= 0.3 is 0 Å². The molecule has 1 aromatic carbocycles. The zero-order valence-corrected chi connectivity index (χ0v) is 12.8. The van der Waals surface area contributed by atoms with Gasteiger partial charge in [0, 0.05) is 24.3 Å². The molecule has 3 heteroatoms. The summed E-state index contributed by atoms with van der Waals surface area (Å²) in [6, 6.07) is 5.88. The van der Waals surface area contributed by atoms with Crippen molar-refractivity contribution < 1.29 is 4.79 Å². The number of carbonyl (C=O) groups is 1. The molecule has 1 aromatic rings. The fourth-order valence-corrected chi connectivity index (χ4v) is 2.45. The number of benzene rings is 1. The average molecular weight is 274 g/mol. The Morgan fingerprint density at radius 3 is 2.75 bits per heavy atom. The van der Waals surface area contributed by atoms with E-state index in [1.165, 1.54) is 12.8 Å². The van der Waals surface area contributed by atoms with Crippen LogP contribution in [0.2, 0.25) is 0 Å². The Bertz CT molecular complexity index is 466. The maximum absolute atomic E-state index is 12.1. The van der Waals surface area contributed by atoms with Crippen LogP contribution in [0.1, 0.15) is 49.0 Å². The molecule has 1 amide bonds. The van der Waals surface area contributed by atoms with Crippen molar-refractivity contribution in [3.8, 4) is 0 Å². The predicted molar refractivity (Wildman–Crippen MR) is 84.2 cm³/mol. The van der Waals surface area contributed by atoms with E-state index in [4.69, 9.17) is 0 Å². The van der Waals surface area contributed by atoms with Crippen LogP contribution >= 0.6 is 0 Å². The van der Waals surface area contributed by atoms with Crippen molar-refractivity contribution in [2.75, 3.05) is 18.4 Å². The van der Waals surface area contributed by atoms with Crippen LogP contribution in [0.25, 0.3) is 0 Å². The molecule has 0 aromatic heterocycles. The van der Waals surface area contributed by atoms with Crippen molar-refractivity contribution in [1.29, 1.82) is 0 Å². The van der Waals surface area contributed by atoms with Gasteiger partial charge in [-0.15, -0.1) is 0 Å². The van der Waals surface area contributed by atoms with E-state index in [0.717, 1.165) is 42.2 Å². The van der Waals surface area contributed by atoms with Crippen LogP contribution in [-0.2, 0) is 0 Å². The van der Waals surface area contributed by atoms with Crippen molar-refractivity contribution >= 4 is 11.6 Å². The number of nitrogens with one attached hydrogen (secondary N) is 2. The molecule has 110 valence electrons. The second-order valence-corrected chi connectivity index (χ2v) is 5.98. The lowest BCUT2D eigenvalue weighted by atomic mass is 10.1. The van der Waals surface area contributed by atoms with Crippen LogP contribution in [0.15, 0.2) is 18.2 Å². The quantitative estimate of drug-likeness (QED) is 0.797. The summed E-state index contributed by atoms with van der Waals surface area (Å²) in [6.07, 6.45) is 3.75. The Hall–Kier alpha value is -1.51. The van der Waals surface area contributed by atoms with Gasteiger partial charge in [0.05, 0.1) is 0 Å². The van der Waals surface area contributed by atoms with Gasteiger partial charge in [-0.1, -0.05) is 13.8 Å². The molecule has 0 saturated heterocycles. The summed E-state index contributed by atoms with van der Waals surface area (Å²) in [4.78, 5) is 12.1. The van der Waals surface area contributed by atoms with E-state index in [9.17, 15) is 4.79 Å². The zero-order chi connectivity index (χ0) is 14.5. The third-order valence-corrected chi connectivity index (χ3v) is 4.07. The third kappa shape index (κ3) is 3.99. The monoisotopic (exact) mass is 274 g/mol. The minimum atomic E-state index is 0.0441. The van der Waals surface area contributed by atoms with Crippen molar-refractivity contribution in [2.45, 2.75) is 40.0 Å². The Balaban J connectivity index is 1.90. The predicted octanol–water partition coefficient (Wildman–Crippen LogP) is 3.59. The summed E-state index contributed by atoms with van der Waals surface area (Å²) in [7, 11) is 0. The molecule has 1 aliphatic carbocycles. The van der Waals surface area contributed by atoms with Crippen molar-refractivity contribution in [1.82, 2.24) is 5.32 Å². The molecule has 1 aliphatic rings. The Labute approximate surface area is 122 Å². The molecule has 0 bridgehead atoms. The fraction of sp³-hybridized carbons (Fsp3) is 0.588. The lowest BCUT2D eigenvalue weighted by molar-refractivity contribution is 0.0946. The molecule has 1 fully saturated rings. The minimum absolute atomic E-state index is 0.0441. The van der Waals surface area contributed by atoms with Crippen LogP contribution in [-0.4, -0.2) is 19.0 Å². The second-order valence-electron chi connectivity index (χ2n) is 5.98. The lowest BCUT2D eigenvalue weighted by Gasteiger charge is -2.13. The molecular weight excluding hydrogens is 248 g/mol. The van der Waals surface area contributed by atoms with Gasteiger partial charge in [-0.05, 0) is 61.8 Å². The number of aryl methyl sites for hydroxylation is 1. The van der Waals surface area contributed by atoms with Crippen molar-refractivity contribution in [3.63, 3.8) is 0 Å². The fourth-order valence-electron chi connectivity index (χ4n) is 2.45. The van der Waals surface area contributed by atoms with Gasteiger partial charge in [0.2, 0.25) is 0 Å². The molecule has 0 aliphatic heterocycles. The van der Waals surface area contributed by atoms with Gasteiger partial charge in [-0.2, -0.15) is 0 Å². The van der Waals surface area contributed by atoms with Gasteiger partial charge in [0.1, 0.15) is 0 Å². The molecule has 2 rings (SSSR count).